The number of carbonyl (C=O) groups is 1. The number of aryl methyl sites for hydroxylation is 1. The van der Waals surface area contributed by atoms with Crippen LogP contribution in [0.1, 0.15) is 17.0 Å². The van der Waals surface area contributed by atoms with E-state index in [0.29, 0.717) is 21.5 Å². The van der Waals surface area contributed by atoms with Gasteiger partial charge in [-0.2, -0.15) is 0 Å². The number of nitrogens with two attached hydrogens (primary N) is 1. The molecule has 1 rings (SSSR count). The summed E-state index contributed by atoms with van der Waals surface area (Å²) in [5, 5.41) is 9.22. The molecule has 0 bridgehead atoms. The Balaban J connectivity index is 3.55. The summed E-state index contributed by atoms with van der Waals surface area (Å²) in [6, 6.07) is 1.79. The van der Waals surface area contributed by atoms with Crippen molar-refractivity contribution in [2.75, 3.05) is 20.8 Å². The van der Waals surface area contributed by atoms with E-state index in [9.17, 15) is 9.90 Å². The molecule has 1 atom stereocenters. The maximum atomic E-state index is 11.2. The lowest BCUT2D eigenvalue weighted by molar-refractivity contribution is -0.138. The van der Waals surface area contributed by atoms with Gasteiger partial charge in [0.05, 0.1) is 24.6 Å². The van der Waals surface area contributed by atoms with Gasteiger partial charge in [0.25, 0.3) is 0 Å². The molecule has 100 valence electrons. The molecule has 0 saturated carbocycles. The molecular weight excluding hydrogens is 302 g/mol. The standard InChI is InChI=1S/C12H16BrNO4/c1-6-4-8(13)10(17-2)11(18-3)9(6)7(5-14)12(15)16/h4,7H,5,14H2,1-3H3,(H,15,16). The lowest BCUT2D eigenvalue weighted by atomic mass is 9.93. The molecule has 0 amide bonds. The Labute approximate surface area is 114 Å². The smallest absolute Gasteiger partial charge is 0.312 e. The summed E-state index contributed by atoms with van der Waals surface area (Å²) in [5.41, 5.74) is 6.88. The highest BCUT2D eigenvalue weighted by atomic mass is 79.9. The number of hydrogen-bond acceptors (Lipinski definition) is 4. The molecule has 1 aromatic carbocycles. The average molecular weight is 318 g/mol. The summed E-state index contributed by atoms with van der Waals surface area (Å²) in [4.78, 5) is 11.2. The molecule has 0 aromatic heterocycles. The van der Waals surface area contributed by atoms with E-state index in [0.717, 1.165) is 5.56 Å². The molecule has 0 fully saturated rings. The molecule has 5 nitrogen and oxygen atoms in total. The van der Waals surface area contributed by atoms with Crippen LogP contribution in [0.4, 0.5) is 0 Å². The van der Waals surface area contributed by atoms with Crippen LogP contribution in [-0.4, -0.2) is 31.8 Å². The second kappa shape index (κ2) is 6.06. The number of hydrogen-bond donors (Lipinski definition) is 2. The summed E-state index contributed by atoms with van der Waals surface area (Å²) in [6.07, 6.45) is 0. The van der Waals surface area contributed by atoms with Crippen LogP contribution in [0.25, 0.3) is 0 Å². The summed E-state index contributed by atoms with van der Waals surface area (Å²) >= 11 is 3.36. The van der Waals surface area contributed by atoms with Crippen LogP contribution in [0.2, 0.25) is 0 Å². The van der Waals surface area contributed by atoms with Gasteiger partial charge in [-0.3, -0.25) is 4.79 Å². The first-order valence-corrected chi connectivity index (χ1v) is 6.11. The first-order chi connectivity index (χ1) is 8.47. The van der Waals surface area contributed by atoms with E-state index in [2.05, 4.69) is 15.9 Å². The van der Waals surface area contributed by atoms with Gasteiger partial charge in [0.2, 0.25) is 0 Å². The van der Waals surface area contributed by atoms with Gasteiger partial charge in [-0.05, 0) is 34.5 Å². The first kappa shape index (κ1) is 14.8. The Kier molecular flexibility index (Phi) is 4.98. The van der Waals surface area contributed by atoms with Crippen LogP contribution in [-0.2, 0) is 4.79 Å². The second-order valence-electron chi connectivity index (χ2n) is 3.78. The fourth-order valence-corrected chi connectivity index (χ4v) is 2.60. The quantitative estimate of drug-likeness (QED) is 0.866. The highest BCUT2D eigenvalue weighted by Crippen LogP contribution is 2.43. The molecule has 0 saturated heterocycles. The monoisotopic (exact) mass is 317 g/mol. The lowest BCUT2D eigenvalue weighted by Crippen LogP contribution is -2.23. The van der Waals surface area contributed by atoms with Gasteiger partial charge < -0.3 is 20.3 Å². The Bertz CT molecular complexity index is 462. The molecule has 18 heavy (non-hydrogen) atoms. The number of benzene rings is 1. The average Bonchev–Trinajstić information content (AvgIpc) is 2.31. The van der Waals surface area contributed by atoms with Gasteiger partial charge in [0.15, 0.2) is 11.5 Å². The zero-order valence-corrected chi connectivity index (χ0v) is 12.1. The second-order valence-corrected chi connectivity index (χ2v) is 4.64. The minimum Gasteiger partial charge on any atom is -0.492 e. The number of ether oxygens (including phenoxy) is 2. The molecule has 6 heteroatoms. The molecule has 0 aliphatic rings. The Morgan fingerprint density at radius 3 is 2.39 bits per heavy atom. The SMILES string of the molecule is COc1c(Br)cc(C)c(C(CN)C(=O)O)c1OC. The van der Waals surface area contributed by atoms with Gasteiger partial charge >= 0.3 is 5.97 Å². The van der Waals surface area contributed by atoms with Crippen LogP contribution in [0.15, 0.2) is 10.5 Å². The summed E-state index contributed by atoms with van der Waals surface area (Å²) in [5.74, 6) is -0.926. The molecule has 1 aromatic rings. The molecule has 0 radical (unpaired) electrons. The van der Waals surface area contributed by atoms with Gasteiger partial charge in [-0.25, -0.2) is 0 Å². The van der Waals surface area contributed by atoms with Gasteiger partial charge in [-0.1, -0.05) is 0 Å². The van der Waals surface area contributed by atoms with Crippen LogP contribution in [0, 0.1) is 6.92 Å². The molecule has 0 aliphatic carbocycles. The fourth-order valence-electron chi connectivity index (χ4n) is 1.91. The van der Waals surface area contributed by atoms with E-state index in [-0.39, 0.29) is 6.54 Å². The zero-order valence-electron chi connectivity index (χ0n) is 10.5. The number of rotatable bonds is 5. The molecule has 0 aliphatic heterocycles. The van der Waals surface area contributed by atoms with Crippen molar-refractivity contribution in [3.63, 3.8) is 0 Å². The van der Waals surface area contributed by atoms with Crippen LogP contribution >= 0.6 is 15.9 Å². The molecule has 3 N–H and O–H groups in total. The fraction of sp³-hybridized carbons (Fsp3) is 0.417. The van der Waals surface area contributed by atoms with Crippen molar-refractivity contribution in [1.29, 1.82) is 0 Å². The molecule has 0 heterocycles. The molecule has 1 unspecified atom stereocenters. The van der Waals surface area contributed by atoms with Crippen LogP contribution in [0.5, 0.6) is 11.5 Å². The van der Waals surface area contributed by atoms with Crippen molar-refractivity contribution in [2.45, 2.75) is 12.8 Å². The van der Waals surface area contributed by atoms with Crippen LogP contribution in [0.3, 0.4) is 0 Å². The van der Waals surface area contributed by atoms with Gasteiger partial charge in [-0.15, -0.1) is 0 Å². The number of carboxylic acid groups (broad SMARTS) is 1. The van der Waals surface area contributed by atoms with E-state index in [4.69, 9.17) is 15.2 Å². The topological polar surface area (TPSA) is 81.8 Å². The minimum atomic E-state index is -0.983. The third-order valence-electron chi connectivity index (χ3n) is 2.73. The molecular formula is C12H16BrNO4. The number of methoxy groups -OCH3 is 2. The summed E-state index contributed by atoms with van der Waals surface area (Å²) in [6.45, 7) is 1.81. The van der Waals surface area contributed by atoms with Crippen molar-refractivity contribution in [1.82, 2.24) is 0 Å². The predicted molar refractivity (Wildman–Crippen MR) is 71.4 cm³/mol. The van der Waals surface area contributed by atoms with Gasteiger partial charge in [0.1, 0.15) is 0 Å². The predicted octanol–water partition coefficient (Wildman–Crippen LogP) is 1.90. The Morgan fingerprint density at radius 2 is 2.00 bits per heavy atom. The van der Waals surface area contributed by atoms with Crippen molar-refractivity contribution in [2.24, 2.45) is 5.73 Å². The van der Waals surface area contributed by atoms with Crippen molar-refractivity contribution in [3.05, 3.63) is 21.7 Å². The normalized spacial score (nSPS) is 12.1. The van der Waals surface area contributed by atoms with E-state index in [1.165, 1.54) is 14.2 Å². The highest BCUT2D eigenvalue weighted by Gasteiger charge is 2.27. The summed E-state index contributed by atoms with van der Waals surface area (Å²) in [7, 11) is 2.97. The van der Waals surface area contributed by atoms with Crippen molar-refractivity contribution < 1.29 is 19.4 Å². The third kappa shape index (κ3) is 2.59. The van der Waals surface area contributed by atoms with E-state index in [1.54, 1.807) is 6.07 Å². The van der Waals surface area contributed by atoms with Crippen LogP contribution < -0.4 is 15.2 Å². The van der Waals surface area contributed by atoms with Crippen molar-refractivity contribution in [3.8, 4) is 11.5 Å². The van der Waals surface area contributed by atoms with E-state index < -0.39 is 11.9 Å². The number of carboxylic acids is 1. The zero-order chi connectivity index (χ0) is 13.9. The highest BCUT2D eigenvalue weighted by molar-refractivity contribution is 9.10. The lowest BCUT2D eigenvalue weighted by Gasteiger charge is -2.20. The Morgan fingerprint density at radius 1 is 1.44 bits per heavy atom. The minimum absolute atomic E-state index is 0.00266. The van der Waals surface area contributed by atoms with Crippen molar-refractivity contribution >= 4 is 21.9 Å². The first-order valence-electron chi connectivity index (χ1n) is 5.31. The van der Waals surface area contributed by atoms with Gasteiger partial charge in [0, 0.05) is 12.1 Å². The largest absolute Gasteiger partial charge is 0.492 e. The maximum absolute atomic E-state index is 11.2. The van der Waals surface area contributed by atoms with E-state index >= 15 is 0 Å². The third-order valence-corrected chi connectivity index (χ3v) is 3.32. The number of aliphatic carboxylic acids is 1. The molecule has 0 spiro atoms. The Hall–Kier alpha value is -1.27. The maximum Gasteiger partial charge on any atom is 0.312 e. The summed E-state index contributed by atoms with van der Waals surface area (Å²) < 4.78 is 11.2. The van der Waals surface area contributed by atoms with E-state index in [1.807, 2.05) is 6.92 Å². The number of halogens is 1.